The van der Waals surface area contributed by atoms with Crippen LogP contribution in [-0.4, -0.2) is 53.1 Å². The highest BCUT2D eigenvalue weighted by Gasteiger charge is 2.19. The number of anilines is 1. The van der Waals surface area contributed by atoms with Gasteiger partial charge in [-0.25, -0.2) is 9.97 Å². The van der Waals surface area contributed by atoms with E-state index in [2.05, 4.69) is 9.97 Å². The van der Waals surface area contributed by atoms with Gasteiger partial charge in [-0.1, -0.05) is 0 Å². The third kappa shape index (κ3) is 2.90. The summed E-state index contributed by atoms with van der Waals surface area (Å²) in [5, 5.41) is 10.1. The maximum Gasteiger partial charge on any atom is 0.275 e. The molecule has 29 heavy (non-hydrogen) atoms. The minimum absolute atomic E-state index is 0.0345. The molecule has 0 amide bonds. The van der Waals surface area contributed by atoms with Gasteiger partial charge < -0.3 is 19.5 Å². The Bertz CT molecular complexity index is 1280. The van der Waals surface area contributed by atoms with E-state index < -0.39 is 0 Å². The lowest BCUT2D eigenvalue weighted by molar-refractivity contribution is 0.171. The van der Waals surface area contributed by atoms with Crippen LogP contribution in [0.1, 0.15) is 0 Å². The highest BCUT2D eigenvalue weighted by molar-refractivity contribution is 7.25. The molecular weight excluding hydrogens is 392 g/mol. The number of pyridine rings is 1. The number of aliphatic hydroxyl groups excluding tert-OH is 1. The number of ether oxygens (including phenoxy) is 2. The maximum absolute atomic E-state index is 13.3. The molecule has 148 valence electrons. The molecule has 8 nitrogen and oxygen atoms in total. The van der Waals surface area contributed by atoms with Crippen molar-refractivity contribution in [2.45, 2.75) is 0 Å². The number of hydrogen-bond acceptors (Lipinski definition) is 8. The van der Waals surface area contributed by atoms with Gasteiger partial charge in [-0.2, -0.15) is 0 Å². The zero-order valence-electron chi connectivity index (χ0n) is 15.7. The van der Waals surface area contributed by atoms with Gasteiger partial charge in [-0.15, -0.1) is 11.3 Å². The van der Waals surface area contributed by atoms with E-state index in [4.69, 9.17) is 9.47 Å². The number of hydrogen-bond donors (Lipinski definition) is 1. The van der Waals surface area contributed by atoms with Crippen LogP contribution in [0.5, 0.6) is 11.5 Å². The summed E-state index contributed by atoms with van der Waals surface area (Å²) >= 11 is 1.32. The smallest absolute Gasteiger partial charge is 0.275 e. The van der Waals surface area contributed by atoms with Crippen LogP contribution in [0.3, 0.4) is 0 Å². The van der Waals surface area contributed by atoms with E-state index in [1.165, 1.54) is 22.2 Å². The second-order valence-electron chi connectivity index (χ2n) is 6.68. The predicted octanol–water partition coefficient (Wildman–Crippen LogP) is 2.20. The van der Waals surface area contributed by atoms with Crippen molar-refractivity contribution in [1.29, 1.82) is 0 Å². The summed E-state index contributed by atoms with van der Waals surface area (Å²) in [6.07, 6.45) is 3.24. The molecule has 9 heteroatoms. The van der Waals surface area contributed by atoms with Crippen LogP contribution in [0.4, 0.5) is 5.69 Å². The van der Waals surface area contributed by atoms with Crippen LogP contribution >= 0.6 is 11.3 Å². The first-order valence-electron chi connectivity index (χ1n) is 9.18. The molecule has 0 spiro atoms. The lowest BCUT2D eigenvalue weighted by Crippen LogP contribution is -2.21. The number of likely N-dealkylation sites (N-methyl/N-ethyl adjacent to an activating group) is 1. The van der Waals surface area contributed by atoms with E-state index in [1.807, 2.05) is 24.1 Å². The number of aliphatic hydroxyl groups is 1. The average molecular weight is 410 g/mol. The molecule has 0 radical (unpaired) electrons. The Morgan fingerprint density at radius 1 is 1.21 bits per heavy atom. The molecule has 0 aliphatic carbocycles. The van der Waals surface area contributed by atoms with Gasteiger partial charge in [0.25, 0.3) is 5.56 Å². The van der Waals surface area contributed by atoms with Gasteiger partial charge in [0.15, 0.2) is 11.5 Å². The normalized spacial score (nSPS) is 13.2. The second kappa shape index (κ2) is 7.02. The Labute approximate surface area is 169 Å². The molecule has 0 unspecified atom stereocenters. The summed E-state index contributed by atoms with van der Waals surface area (Å²) in [5.41, 5.74) is 2.01. The Hall–Kier alpha value is -3.17. The van der Waals surface area contributed by atoms with Crippen molar-refractivity contribution in [1.82, 2.24) is 14.5 Å². The fourth-order valence-electron chi connectivity index (χ4n) is 3.49. The molecule has 0 bridgehead atoms. The highest BCUT2D eigenvalue weighted by Crippen LogP contribution is 2.36. The molecule has 0 fully saturated rings. The van der Waals surface area contributed by atoms with Gasteiger partial charge in [-0.05, 0) is 18.2 Å². The minimum Gasteiger partial charge on any atom is -0.486 e. The van der Waals surface area contributed by atoms with E-state index in [9.17, 15) is 9.90 Å². The first kappa shape index (κ1) is 17.9. The molecule has 5 rings (SSSR count). The molecule has 1 aliphatic rings. The Morgan fingerprint density at radius 2 is 2.03 bits per heavy atom. The molecule has 0 saturated heterocycles. The van der Waals surface area contributed by atoms with E-state index in [0.29, 0.717) is 47.2 Å². The lowest BCUT2D eigenvalue weighted by atomic mass is 10.2. The molecule has 3 aromatic heterocycles. The number of thiophene rings is 1. The van der Waals surface area contributed by atoms with Gasteiger partial charge in [0.1, 0.15) is 34.6 Å². The molecule has 0 atom stereocenters. The van der Waals surface area contributed by atoms with Gasteiger partial charge in [-0.3, -0.25) is 9.36 Å². The quantitative estimate of drug-likeness (QED) is 0.552. The molecule has 0 saturated carbocycles. The number of nitrogens with zero attached hydrogens (tertiary/aromatic N) is 4. The summed E-state index contributed by atoms with van der Waals surface area (Å²) in [5.74, 6) is 1.29. The van der Waals surface area contributed by atoms with Crippen molar-refractivity contribution >= 4 is 37.5 Å². The SMILES string of the molecule is CN(CCO)c1ccnc2sc3c(=O)n(-c4ccc5c(c4)OCCO5)cnc3c12. The van der Waals surface area contributed by atoms with E-state index in [0.717, 1.165) is 15.9 Å². The van der Waals surface area contributed by atoms with Gasteiger partial charge in [0.05, 0.1) is 23.4 Å². The largest absolute Gasteiger partial charge is 0.486 e. The maximum atomic E-state index is 13.3. The van der Waals surface area contributed by atoms with Crippen LogP contribution in [0.15, 0.2) is 41.6 Å². The van der Waals surface area contributed by atoms with Crippen molar-refractivity contribution in [3.63, 3.8) is 0 Å². The first-order valence-corrected chi connectivity index (χ1v) is 10.00. The Kier molecular flexibility index (Phi) is 4.33. The third-order valence-electron chi connectivity index (χ3n) is 4.91. The summed E-state index contributed by atoms with van der Waals surface area (Å²) in [7, 11) is 1.89. The number of rotatable bonds is 4. The summed E-state index contributed by atoms with van der Waals surface area (Å²) < 4.78 is 13.2. The van der Waals surface area contributed by atoms with Crippen molar-refractivity contribution in [3.8, 4) is 17.2 Å². The molecule has 1 aromatic carbocycles. The third-order valence-corrected chi connectivity index (χ3v) is 5.99. The van der Waals surface area contributed by atoms with Crippen LogP contribution in [0, 0.1) is 0 Å². The van der Waals surface area contributed by atoms with Crippen molar-refractivity contribution in [2.75, 3.05) is 38.3 Å². The van der Waals surface area contributed by atoms with Crippen LogP contribution in [0.2, 0.25) is 0 Å². The summed E-state index contributed by atoms with van der Waals surface area (Å²) in [4.78, 5) is 25.0. The Balaban J connectivity index is 1.69. The van der Waals surface area contributed by atoms with Crippen LogP contribution < -0.4 is 19.9 Å². The number of aromatic nitrogens is 3. The van der Waals surface area contributed by atoms with E-state index in [-0.39, 0.29) is 12.2 Å². The molecule has 1 aliphatic heterocycles. The zero-order chi connectivity index (χ0) is 20.0. The second-order valence-corrected chi connectivity index (χ2v) is 7.68. The molecule has 4 aromatic rings. The molecule has 4 heterocycles. The van der Waals surface area contributed by atoms with Gasteiger partial charge >= 0.3 is 0 Å². The van der Waals surface area contributed by atoms with Crippen molar-refractivity contribution in [3.05, 3.63) is 47.1 Å². The number of fused-ring (bicyclic) bond motifs is 4. The topological polar surface area (TPSA) is 89.7 Å². The first-order chi connectivity index (χ1) is 14.2. The minimum atomic E-state index is -0.162. The van der Waals surface area contributed by atoms with Crippen LogP contribution in [0.25, 0.3) is 26.1 Å². The van der Waals surface area contributed by atoms with Gasteiger partial charge in [0, 0.05) is 25.9 Å². The highest BCUT2D eigenvalue weighted by atomic mass is 32.1. The average Bonchev–Trinajstić information content (AvgIpc) is 3.14. The Morgan fingerprint density at radius 3 is 2.86 bits per heavy atom. The molecule has 1 N–H and O–H groups in total. The lowest BCUT2D eigenvalue weighted by Gasteiger charge is -2.19. The van der Waals surface area contributed by atoms with Crippen molar-refractivity contribution in [2.24, 2.45) is 0 Å². The van der Waals surface area contributed by atoms with E-state index >= 15 is 0 Å². The van der Waals surface area contributed by atoms with Crippen molar-refractivity contribution < 1.29 is 14.6 Å². The van der Waals surface area contributed by atoms with Gasteiger partial charge in [0.2, 0.25) is 0 Å². The predicted molar refractivity (Wildman–Crippen MR) is 112 cm³/mol. The fourth-order valence-corrected chi connectivity index (χ4v) is 4.54. The van der Waals surface area contributed by atoms with Crippen LogP contribution in [-0.2, 0) is 0 Å². The summed E-state index contributed by atoms with van der Waals surface area (Å²) in [6.45, 7) is 1.51. The monoisotopic (exact) mass is 410 g/mol. The molecular formula is C20H18N4O4S. The summed E-state index contributed by atoms with van der Waals surface area (Å²) in [6, 6.07) is 7.27. The zero-order valence-corrected chi connectivity index (χ0v) is 16.5. The standard InChI is InChI=1S/C20H18N4O4S/c1-23(6-7-25)13-4-5-21-19-16(13)17-18(29-19)20(26)24(11-22-17)12-2-3-14-15(10-12)28-9-8-27-14/h2-5,10-11,25H,6-9H2,1H3. The van der Waals surface area contributed by atoms with E-state index in [1.54, 1.807) is 18.3 Å². The fraction of sp³-hybridized carbons (Fsp3) is 0.250. The number of benzene rings is 1.